The maximum atomic E-state index is 13.2. The Morgan fingerprint density at radius 1 is 1.38 bits per heavy atom. The van der Waals surface area contributed by atoms with E-state index in [1.807, 2.05) is 27.0 Å². The molecule has 0 aliphatic rings. The van der Waals surface area contributed by atoms with Crippen molar-refractivity contribution in [3.8, 4) is 5.69 Å². The fourth-order valence-corrected chi connectivity index (χ4v) is 3.72. The van der Waals surface area contributed by atoms with Crippen LogP contribution in [0.25, 0.3) is 15.9 Å². The van der Waals surface area contributed by atoms with Crippen LogP contribution in [0.15, 0.2) is 30.3 Å². The number of carbonyl (C=O) groups excluding carboxylic acids is 1. The minimum Gasteiger partial charge on any atom is -0.338 e. The minimum atomic E-state index is -0.281. The minimum absolute atomic E-state index is 0.0237. The van der Waals surface area contributed by atoms with Crippen molar-refractivity contribution in [1.82, 2.24) is 14.7 Å². The van der Waals surface area contributed by atoms with E-state index in [1.54, 1.807) is 21.7 Å². The Morgan fingerprint density at radius 3 is 2.67 bits per heavy atom. The maximum absolute atomic E-state index is 13.2. The average Bonchev–Trinajstić information content (AvgIpc) is 3.14. The van der Waals surface area contributed by atoms with Gasteiger partial charge in [-0.1, -0.05) is 6.92 Å². The molecule has 6 heteroatoms. The van der Waals surface area contributed by atoms with Crippen LogP contribution in [0.1, 0.15) is 35.6 Å². The van der Waals surface area contributed by atoms with Crippen molar-refractivity contribution in [1.29, 1.82) is 0 Å². The van der Waals surface area contributed by atoms with E-state index in [0.717, 1.165) is 28.0 Å². The second kappa shape index (κ2) is 6.36. The largest absolute Gasteiger partial charge is 0.338 e. The maximum Gasteiger partial charge on any atom is 0.264 e. The van der Waals surface area contributed by atoms with Gasteiger partial charge in [0, 0.05) is 18.5 Å². The fraction of sp³-hybridized carbons (Fsp3) is 0.333. The van der Waals surface area contributed by atoms with Gasteiger partial charge in [0.15, 0.2) is 0 Å². The van der Waals surface area contributed by atoms with Gasteiger partial charge in [-0.05, 0) is 50.6 Å². The van der Waals surface area contributed by atoms with Gasteiger partial charge in [-0.3, -0.25) is 4.79 Å². The summed E-state index contributed by atoms with van der Waals surface area (Å²) in [6, 6.07) is 8.30. The molecular weight excluding hydrogens is 325 g/mol. The smallest absolute Gasteiger partial charge is 0.264 e. The number of hydrogen-bond donors (Lipinski definition) is 0. The lowest BCUT2D eigenvalue weighted by Gasteiger charge is -2.23. The SMILES string of the molecule is CCC(C)N(C)C(=O)c1cc2c(C)nn(-c3ccc(F)cc3)c2s1. The third-order valence-corrected chi connectivity index (χ3v) is 5.50. The highest BCUT2D eigenvalue weighted by molar-refractivity contribution is 7.20. The molecule has 4 nitrogen and oxygen atoms in total. The normalized spacial score (nSPS) is 12.5. The lowest BCUT2D eigenvalue weighted by Crippen LogP contribution is -2.34. The highest BCUT2D eigenvalue weighted by Crippen LogP contribution is 2.31. The zero-order valence-electron chi connectivity index (χ0n) is 14.2. The van der Waals surface area contributed by atoms with Gasteiger partial charge < -0.3 is 4.90 Å². The van der Waals surface area contributed by atoms with E-state index in [4.69, 9.17) is 0 Å². The quantitative estimate of drug-likeness (QED) is 0.703. The second-order valence-corrected chi connectivity index (χ2v) is 7.01. The molecule has 0 aliphatic heterocycles. The van der Waals surface area contributed by atoms with Crippen LogP contribution in [0.4, 0.5) is 4.39 Å². The zero-order valence-corrected chi connectivity index (χ0v) is 15.0. The second-order valence-electron chi connectivity index (χ2n) is 5.98. The van der Waals surface area contributed by atoms with Gasteiger partial charge in [0.2, 0.25) is 0 Å². The van der Waals surface area contributed by atoms with Crippen molar-refractivity contribution in [2.24, 2.45) is 0 Å². The molecule has 1 atom stereocenters. The molecule has 0 saturated heterocycles. The van der Waals surface area contributed by atoms with Crippen molar-refractivity contribution >= 4 is 27.5 Å². The van der Waals surface area contributed by atoms with Crippen LogP contribution < -0.4 is 0 Å². The third-order valence-electron chi connectivity index (χ3n) is 4.40. The summed E-state index contributed by atoms with van der Waals surface area (Å²) in [4.78, 5) is 16.0. The molecule has 2 heterocycles. The van der Waals surface area contributed by atoms with Crippen LogP contribution in [0.3, 0.4) is 0 Å². The van der Waals surface area contributed by atoms with Crippen molar-refractivity contribution in [3.05, 3.63) is 46.7 Å². The van der Waals surface area contributed by atoms with Crippen LogP contribution in [0, 0.1) is 12.7 Å². The van der Waals surface area contributed by atoms with Crippen LogP contribution in [0.2, 0.25) is 0 Å². The van der Waals surface area contributed by atoms with E-state index in [0.29, 0.717) is 4.88 Å². The molecule has 0 bridgehead atoms. The molecule has 0 fully saturated rings. The van der Waals surface area contributed by atoms with Gasteiger partial charge in [-0.15, -0.1) is 11.3 Å². The van der Waals surface area contributed by atoms with E-state index in [2.05, 4.69) is 12.0 Å². The molecule has 1 amide bonds. The lowest BCUT2D eigenvalue weighted by molar-refractivity contribution is 0.0745. The number of benzene rings is 1. The van der Waals surface area contributed by atoms with Crippen molar-refractivity contribution in [2.75, 3.05) is 7.05 Å². The van der Waals surface area contributed by atoms with Crippen molar-refractivity contribution < 1.29 is 9.18 Å². The van der Waals surface area contributed by atoms with Gasteiger partial charge in [0.25, 0.3) is 5.91 Å². The molecule has 2 aromatic heterocycles. The van der Waals surface area contributed by atoms with Crippen LogP contribution in [-0.2, 0) is 0 Å². The number of aromatic nitrogens is 2. The Kier molecular flexibility index (Phi) is 4.41. The Balaban J connectivity index is 2.04. The number of hydrogen-bond acceptors (Lipinski definition) is 3. The molecule has 0 saturated carbocycles. The fourth-order valence-electron chi connectivity index (χ4n) is 2.56. The highest BCUT2D eigenvalue weighted by Gasteiger charge is 2.21. The molecule has 0 radical (unpaired) electrons. The van der Waals surface area contributed by atoms with Gasteiger partial charge in [0.1, 0.15) is 10.6 Å². The molecule has 0 aliphatic carbocycles. The summed E-state index contributed by atoms with van der Waals surface area (Å²) in [5, 5.41) is 5.49. The van der Waals surface area contributed by atoms with Gasteiger partial charge in [-0.25, -0.2) is 9.07 Å². The predicted octanol–water partition coefficient (Wildman–Crippen LogP) is 4.41. The van der Waals surface area contributed by atoms with Crippen molar-refractivity contribution in [3.63, 3.8) is 0 Å². The van der Waals surface area contributed by atoms with Crippen molar-refractivity contribution in [2.45, 2.75) is 33.2 Å². The molecule has 24 heavy (non-hydrogen) atoms. The first-order valence-corrected chi connectivity index (χ1v) is 8.76. The first-order valence-electron chi connectivity index (χ1n) is 7.94. The Morgan fingerprint density at radius 2 is 2.04 bits per heavy atom. The van der Waals surface area contributed by atoms with E-state index >= 15 is 0 Å². The molecule has 0 spiro atoms. The summed E-state index contributed by atoms with van der Waals surface area (Å²) in [5.41, 5.74) is 1.64. The lowest BCUT2D eigenvalue weighted by atomic mass is 10.2. The molecule has 3 rings (SSSR count). The zero-order chi connectivity index (χ0) is 17.4. The summed E-state index contributed by atoms with van der Waals surface area (Å²) < 4.78 is 14.9. The summed E-state index contributed by atoms with van der Waals surface area (Å²) >= 11 is 1.42. The highest BCUT2D eigenvalue weighted by atomic mass is 32.1. The molecule has 3 aromatic rings. The molecular formula is C18H20FN3OS. The van der Waals surface area contributed by atoms with Gasteiger partial charge >= 0.3 is 0 Å². The number of rotatable bonds is 4. The number of aryl methyl sites for hydroxylation is 1. The summed E-state index contributed by atoms with van der Waals surface area (Å²) in [6.07, 6.45) is 0.912. The molecule has 1 aromatic carbocycles. The van der Waals surface area contributed by atoms with E-state index < -0.39 is 0 Å². The number of carbonyl (C=O) groups is 1. The first kappa shape index (κ1) is 16.6. The topological polar surface area (TPSA) is 38.1 Å². The first-order chi connectivity index (χ1) is 11.4. The summed E-state index contributed by atoms with van der Waals surface area (Å²) in [6.45, 7) is 6.02. The Bertz CT molecular complexity index is 882. The van der Waals surface area contributed by atoms with E-state index in [9.17, 15) is 9.18 Å². The average molecular weight is 345 g/mol. The van der Waals surface area contributed by atoms with Crippen LogP contribution >= 0.6 is 11.3 Å². The monoisotopic (exact) mass is 345 g/mol. The van der Waals surface area contributed by atoms with E-state index in [-0.39, 0.29) is 17.8 Å². The van der Waals surface area contributed by atoms with E-state index in [1.165, 1.54) is 23.5 Å². The Hall–Kier alpha value is -2.21. The number of thiophene rings is 1. The van der Waals surface area contributed by atoms with Gasteiger partial charge in [-0.2, -0.15) is 5.10 Å². The standard InChI is InChI=1S/C18H20FN3OS/c1-5-11(2)21(4)17(23)16-10-15-12(3)20-22(18(15)24-16)14-8-6-13(19)7-9-14/h6-11H,5H2,1-4H3. The number of nitrogens with zero attached hydrogens (tertiary/aromatic N) is 3. The van der Waals surface area contributed by atoms with Gasteiger partial charge in [0.05, 0.1) is 16.3 Å². The molecule has 0 N–H and O–H groups in total. The summed E-state index contributed by atoms with van der Waals surface area (Å²) in [5.74, 6) is -0.258. The molecule has 1 unspecified atom stereocenters. The Labute approximate surface area is 144 Å². The number of fused-ring (bicyclic) bond motifs is 1. The summed E-state index contributed by atoms with van der Waals surface area (Å²) in [7, 11) is 1.83. The molecule has 126 valence electrons. The predicted molar refractivity (Wildman–Crippen MR) is 95.5 cm³/mol. The number of halogens is 1. The number of amides is 1. The third kappa shape index (κ3) is 2.82. The van der Waals surface area contributed by atoms with Crippen LogP contribution in [-0.4, -0.2) is 33.7 Å². The van der Waals surface area contributed by atoms with Crippen LogP contribution in [0.5, 0.6) is 0 Å².